The molecule has 0 spiro atoms. The molecular formula is C31H34FN3O4. The lowest BCUT2D eigenvalue weighted by molar-refractivity contribution is -0.138. The predicted molar refractivity (Wildman–Crippen MR) is 146 cm³/mol. The molecule has 2 heterocycles. The number of nitrogens with zero attached hydrogens (tertiary/aromatic N) is 2. The Labute approximate surface area is 227 Å². The summed E-state index contributed by atoms with van der Waals surface area (Å²) in [6.45, 7) is 6.50. The molecule has 0 radical (unpaired) electrons. The summed E-state index contributed by atoms with van der Waals surface area (Å²) in [4.78, 5) is 20.1. The Balaban J connectivity index is 1.20. The predicted octanol–water partition coefficient (Wildman–Crippen LogP) is 5.99. The number of carboxylic acid groups (broad SMARTS) is 1. The van der Waals surface area contributed by atoms with Gasteiger partial charge in [-0.3, -0.25) is 9.78 Å². The van der Waals surface area contributed by atoms with Gasteiger partial charge in [-0.25, -0.2) is 9.37 Å². The van der Waals surface area contributed by atoms with E-state index in [4.69, 9.17) is 14.6 Å². The smallest absolute Gasteiger partial charge is 0.307 e. The van der Waals surface area contributed by atoms with Gasteiger partial charge >= 0.3 is 5.97 Å². The molecule has 2 fully saturated rings. The number of aliphatic carboxylic acids is 1. The van der Waals surface area contributed by atoms with Gasteiger partial charge in [0.25, 0.3) is 0 Å². The molecule has 2 N–H and O–H groups in total. The van der Waals surface area contributed by atoms with E-state index in [2.05, 4.69) is 41.3 Å². The molecule has 204 valence electrons. The molecular weight excluding hydrogens is 497 g/mol. The van der Waals surface area contributed by atoms with Crippen LogP contribution in [0.25, 0.3) is 11.1 Å². The molecule has 1 aliphatic heterocycles. The summed E-state index contributed by atoms with van der Waals surface area (Å²) in [5.74, 6) is 0.518. The topological polar surface area (TPSA) is 93.6 Å². The average molecular weight is 532 g/mol. The van der Waals surface area contributed by atoms with E-state index in [1.54, 1.807) is 18.5 Å². The number of aryl methyl sites for hydroxylation is 2. The molecule has 2 aromatic carbocycles. The number of fused-ring (bicyclic) bond motifs is 1. The SMILES string of the molecule is Cc1cc(OCC2CCOCC2)cc(C)c1-c1ccc(F)c2c1CCC2Nc1cnc([C@H]2C[C@@H]2C(=O)O)cn1. The molecule has 3 aromatic rings. The van der Waals surface area contributed by atoms with E-state index in [9.17, 15) is 4.79 Å². The van der Waals surface area contributed by atoms with Crippen LogP contribution in [0, 0.1) is 31.5 Å². The number of benzene rings is 2. The van der Waals surface area contributed by atoms with Crippen LogP contribution in [0.3, 0.4) is 0 Å². The number of hydrogen-bond acceptors (Lipinski definition) is 6. The van der Waals surface area contributed by atoms with Crippen LogP contribution >= 0.6 is 0 Å². The monoisotopic (exact) mass is 531 g/mol. The number of aromatic nitrogens is 2. The van der Waals surface area contributed by atoms with Gasteiger partial charge in [-0.05, 0) is 97.9 Å². The van der Waals surface area contributed by atoms with E-state index < -0.39 is 5.97 Å². The minimum atomic E-state index is -0.791. The minimum absolute atomic E-state index is 0.0682. The molecule has 6 rings (SSSR count). The number of hydrogen-bond donors (Lipinski definition) is 2. The van der Waals surface area contributed by atoms with Crippen molar-refractivity contribution >= 4 is 11.8 Å². The number of nitrogens with one attached hydrogen (secondary N) is 1. The van der Waals surface area contributed by atoms with Gasteiger partial charge in [-0.2, -0.15) is 0 Å². The lowest BCUT2D eigenvalue weighted by Crippen LogP contribution is -2.21. The number of anilines is 1. The molecule has 1 aromatic heterocycles. The van der Waals surface area contributed by atoms with Gasteiger partial charge in [0, 0.05) is 24.7 Å². The molecule has 1 saturated heterocycles. The van der Waals surface area contributed by atoms with Crippen LogP contribution in [0.2, 0.25) is 0 Å². The maximum absolute atomic E-state index is 15.2. The number of rotatable bonds is 8. The molecule has 0 bridgehead atoms. The molecule has 3 atom stereocenters. The fraction of sp³-hybridized carbons (Fsp3) is 0.452. The second kappa shape index (κ2) is 10.6. The third kappa shape index (κ3) is 5.22. The first-order chi connectivity index (χ1) is 18.9. The van der Waals surface area contributed by atoms with Crippen molar-refractivity contribution in [2.45, 2.75) is 57.9 Å². The molecule has 0 amide bonds. The first kappa shape index (κ1) is 25.7. The van der Waals surface area contributed by atoms with Crippen LogP contribution in [0.15, 0.2) is 36.7 Å². The Kier molecular flexibility index (Phi) is 6.97. The Morgan fingerprint density at radius 2 is 1.90 bits per heavy atom. The van der Waals surface area contributed by atoms with Crippen molar-refractivity contribution in [1.82, 2.24) is 9.97 Å². The van der Waals surface area contributed by atoms with Crippen LogP contribution in [-0.2, 0) is 16.0 Å². The van der Waals surface area contributed by atoms with Crippen molar-refractivity contribution in [2.24, 2.45) is 11.8 Å². The highest BCUT2D eigenvalue weighted by atomic mass is 19.1. The van der Waals surface area contributed by atoms with Gasteiger partial charge in [0.05, 0.1) is 36.7 Å². The molecule has 39 heavy (non-hydrogen) atoms. The summed E-state index contributed by atoms with van der Waals surface area (Å²) in [5, 5.41) is 12.5. The largest absolute Gasteiger partial charge is 0.493 e. The maximum atomic E-state index is 15.2. The summed E-state index contributed by atoms with van der Waals surface area (Å²) in [6.07, 6.45) is 7.44. The highest BCUT2D eigenvalue weighted by molar-refractivity contribution is 5.77. The van der Waals surface area contributed by atoms with Crippen molar-refractivity contribution in [1.29, 1.82) is 0 Å². The number of carbonyl (C=O) groups is 1. The van der Waals surface area contributed by atoms with Gasteiger partial charge in [-0.1, -0.05) is 6.07 Å². The van der Waals surface area contributed by atoms with E-state index in [0.29, 0.717) is 36.0 Å². The quantitative estimate of drug-likeness (QED) is 0.369. The number of carboxylic acids is 1. The highest BCUT2D eigenvalue weighted by Crippen LogP contribution is 2.47. The van der Waals surface area contributed by atoms with Crippen molar-refractivity contribution < 1.29 is 23.8 Å². The standard InChI is InChI=1S/C31H34FN3O4/c1-17-11-20(39-16-19-7-9-38-10-8-19)12-18(2)29(17)21-3-5-25(32)30-22(21)4-6-26(30)35-28-15-33-27(14-34-28)23-13-24(23)31(36)37/h3,5,11-12,14-15,19,23-24,26H,4,6-10,13,16H2,1-2H3,(H,34,35)(H,36,37)/t23-,24-,26?/m0/s1. The number of ether oxygens (including phenoxy) is 2. The van der Waals surface area contributed by atoms with Gasteiger partial charge in [0.1, 0.15) is 17.4 Å². The lowest BCUT2D eigenvalue weighted by Gasteiger charge is -2.23. The molecule has 3 aliphatic rings. The van der Waals surface area contributed by atoms with Gasteiger partial charge < -0.3 is 19.9 Å². The maximum Gasteiger partial charge on any atom is 0.307 e. The van der Waals surface area contributed by atoms with Crippen molar-refractivity contribution in [3.05, 3.63) is 70.4 Å². The van der Waals surface area contributed by atoms with Crippen LogP contribution in [0.1, 0.15) is 65.6 Å². The van der Waals surface area contributed by atoms with E-state index >= 15 is 4.39 Å². The summed E-state index contributed by atoms with van der Waals surface area (Å²) < 4.78 is 26.8. The van der Waals surface area contributed by atoms with Crippen LogP contribution in [0.5, 0.6) is 5.75 Å². The normalized spacial score (nSPS) is 22.4. The van der Waals surface area contributed by atoms with E-state index in [1.165, 1.54) is 0 Å². The zero-order valence-corrected chi connectivity index (χ0v) is 22.4. The Bertz CT molecular complexity index is 1360. The second-order valence-corrected chi connectivity index (χ2v) is 11.1. The zero-order valence-electron chi connectivity index (χ0n) is 22.4. The highest BCUT2D eigenvalue weighted by Gasteiger charge is 2.45. The zero-order chi connectivity index (χ0) is 27.1. The van der Waals surface area contributed by atoms with Gasteiger partial charge in [-0.15, -0.1) is 0 Å². The van der Waals surface area contributed by atoms with Gasteiger partial charge in [0.15, 0.2) is 0 Å². The number of halogens is 1. The van der Waals surface area contributed by atoms with Crippen LogP contribution in [0.4, 0.5) is 10.2 Å². The van der Waals surface area contributed by atoms with Crippen molar-refractivity contribution in [2.75, 3.05) is 25.1 Å². The summed E-state index contributed by atoms with van der Waals surface area (Å²) in [5.41, 5.74) is 6.83. The Hall–Kier alpha value is -3.52. The molecule has 8 heteroatoms. The molecule has 1 saturated carbocycles. The summed E-state index contributed by atoms with van der Waals surface area (Å²) in [6, 6.07) is 7.44. The minimum Gasteiger partial charge on any atom is -0.493 e. The fourth-order valence-corrected chi connectivity index (χ4v) is 6.23. The first-order valence-electron chi connectivity index (χ1n) is 13.8. The lowest BCUT2D eigenvalue weighted by atomic mass is 9.90. The van der Waals surface area contributed by atoms with E-state index in [1.807, 2.05) is 6.07 Å². The second-order valence-electron chi connectivity index (χ2n) is 11.1. The average Bonchev–Trinajstić information content (AvgIpc) is 3.63. The third-order valence-corrected chi connectivity index (χ3v) is 8.42. The Morgan fingerprint density at radius 3 is 2.56 bits per heavy atom. The van der Waals surface area contributed by atoms with E-state index in [0.717, 1.165) is 72.5 Å². The summed E-state index contributed by atoms with van der Waals surface area (Å²) in [7, 11) is 0. The third-order valence-electron chi connectivity index (χ3n) is 8.42. The Morgan fingerprint density at radius 1 is 1.13 bits per heavy atom. The summed E-state index contributed by atoms with van der Waals surface area (Å²) >= 11 is 0. The molecule has 7 nitrogen and oxygen atoms in total. The van der Waals surface area contributed by atoms with Gasteiger partial charge in [0.2, 0.25) is 0 Å². The van der Waals surface area contributed by atoms with Crippen molar-refractivity contribution in [3.63, 3.8) is 0 Å². The molecule has 2 aliphatic carbocycles. The fourth-order valence-electron chi connectivity index (χ4n) is 6.23. The van der Waals surface area contributed by atoms with Crippen LogP contribution in [-0.4, -0.2) is 40.9 Å². The van der Waals surface area contributed by atoms with E-state index in [-0.39, 0.29) is 23.7 Å². The molecule has 1 unspecified atom stereocenters. The first-order valence-corrected chi connectivity index (χ1v) is 13.8. The van der Waals surface area contributed by atoms with Crippen LogP contribution < -0.4 is 10.1 Å². The van der Waals surface area contributed by atoms with Crippen molar-refractivity contribution in [3.8, 4) is 16.9 Å².